The molecule has 1 aliphatic heterocycles. The summed E-state index contributed by atoms with van der Waals surface area (Å²) in [5.41, 5.74) is 0.573. The minimum atomic E-state index is -1.04. The fourth-order valence-electron chi connectivity index (χ4n) is 1.69. The lowest BCUT2D eigenvalue weighted by molar-refractivity contribution is -0.345. The van der Waals surface area contributed by atoms with Crippen LogP contribution in [-0.2, 0) is 20.2 Å². The molecule has 1 saturated heterocycles. The summed E-state index contributed by atoms with van der Waals surface area (Å²) in [5, 5.41) is 0. The molecular formula is C12H16O3. The molecule has 0 aliphatic carbocycles. The molecule has 0 radical (unpaired) electrons. The van der Waals surface area contributed by atoms with Crippen molar-refractivity contribution in [3.63, 3.8) is 0 Å². The Labute approximate surface area is 90.0 Å². The first-order chi connectivity index (χ1) is 7.08. The van der Waals surface area contributed by atoms with Crippen LogP contribution in [0.5, 0.6) is 0 Å². The molecule has 15 heavy (non-hydrogen) atoms. The minimum Gasteiger partial charge on any atom is -0.327 e. The summed E-state index contributed by atoms with van der Waals surface area (Å²) < 4.78 is 16.8. The molecule has 2 rings (SSSR count). The van der Waals surface area contributed by atoms with Gasteiger partial charge in [0.25, 0.3) is 0 Å². The average Bonchev–Trinajstić information content (AvgIpc) is 2.57. The number of benzene rings is 1. The van der Waals surface area contributed by atoms with Crippen molar-refractivity contribution < 1.29 is 14.2 Å². The van der Waals surface area contributed by atoms with Crippen molar-refractivity contribution in [3.05, 3.63) is 35.9 Å². The fourth-order valence-corrected chi connectivity index (χ4v) is 1.69. The normalized spacial score (nSPS) is 29.3. The average molecular weight is 208 g/mol. The van der Waals surface area contributed by atoms with E-state index in [-0.39, 0.29) is 5.60 Å². The molecule has 1 atom stereocenters. The van der Waals surface area contributed by atoms with Crippen LogP contribution in [0.4, 0.5) is 0 Å². The van der Waals surface area contributed by atoms with Crippen LogP contribution in [0.25, 0.3) is 0 Å². The Balaban J connectivity index is 2.32. The lowest BCUT2D eigenvalue weighted by Crippen LogP contribution is -2.32. The second kappa shape index (κ2) is 3.59. The molecule has 1 aromatic carbocycles. The first-order valence-electron chi connectivity index (χ1n) is 5.03. The van der Waals surface area contributed by atoms with Crippen molar-refractivity contribution in [2.45, 2.75) is 25.4 Å². The Hall–Kier alpha value is -0.900. The van der Waals surface area contributed by atoms with E-state index in [0.29, 0.717) is 6.61 Å². The monoisotopic (exact) mass is 208 g/mol. The van der Waals surface area contributed by atoms with Gasteiger partial charge in [0.1, 0.15) is 0 Å². The summed E-state index contributed by atoms with van der Waals surface area (Å²) >= 11 is 0. The maximum absolute atomic E-state index is 5.83. The standard InChI is InChI=1S/C12H16O3/c1-11(2)9-14-12(13-3,15-11)10-7-5-4-6-8-10/h4-8H,9H2,1-3H3. The van der Waals surface area contributed by atoms with E-state index in [2.05, 4.69) is 0 Å². The lowest BCUT2D eigenvalue weighted by atomic mass is 10.1. The van der Waals surface area contributed by atoms with Gasteiger partial charge < -0.3 is 14.2 Å². The molecule has 0 N–H and O–H groups in total. The summed E-state index contributed by atoms with van der Waals surface area (Å²) in [5.74, 6) is -1.04. The van der Waals surface area contributed by atoms with E-state index in [9.17, 15) is 0 Å². The van der Waals surface area contributed by atoms with E-state index < -0.39 is 5.97 Å². The number of hydrogen-bond donors (Lipinski definition) is 0. The van der Waals surface area contributed by atoms with Crippen molar-refractivity contribution >= 4 is 0 Å². The highest BCUT2D eigenvalue weighted by molar-refractivity contribution is 5.19. The number of ether oxygens (including phenoxy) is 3. The first-order valence-corrected chi connectivity index (χ1v) is 5.03. The summed E-state index contributed by atoms with van der Waals surface area (Å²) in [4.78, 5) is 0. The topological polar surface area (TPSA) is 27.7 Å². The highest BCUT2D eigenvalue weighted by Gasteiger charge is 2.47. The molecule has 1 fully saturated rings. The van der Waals surface area contributed by atoms with Gasteiger partial charge in [-0.05, 0) is 13.8 Å². The minimum absolute atomic E-state index is 0.314. The molecular weight excluding hydrogens is 192 g/mol. The SMILES string of the molecule is COC1(c2ccccc2)OCC(C)(C)O1. The van der Waals surface area contributed by atoms with Crippen LogP contribution >= 0.6 is 0 Å². The molecule has 82 valence electrons. The predicted octanol–water partition coefficient (Wildman–Crippen LogP) is 2.27. The van der Waals surface area contributed by atoms with Crippen LogP contribution in [0.1, 0.15) is 19.4 Å². The Kier molecular flexibility index (Phi) is 2.54. The zero-order chi connectivity index (χ0) is 10.9. The van der Waals surface area contributed by atoms with Crippen molar-refractivity contribution in [1.82, 2.24) is 0 Å². The molecule has 1 aromatic rings. The molecule has 0 spiro atoms. The molecule has 0 amide bonds. The van der Waals surface area contributed by atoms with E-state index in [0.717, 1.165) is 5.56 Å². The Morgan fingerprint density at radius 1 is 1.20 bits per heavy atom. The highest BCUT2D eigenvalue weighted by atomic mass is 16.9. The summed E-state index contributed by atoms with van der Waals surface area (Å²) in [6, 6.07) is 9.70. The second-order valence-corrected chi connectivity index (χ2v) is 4.28. The molecule has 0 aromatic heterocycles. The quantitative estimate of drug-likeness (QED) is 0.746. The maximum Gasteiger partial charge on any atom is 0.312 e. The van der Waals surface area contributed by atoms with Gasteiger partial charge >= 0.3 is 5.97 Å². The lowest BCUT2D eigenvalue weighted by Gasteiger charge is -2.27. The molecule has 0 saturated carbocycles. The van der Waals surface area contributed by atoms with Crippen LogP contribution < -0.4 is 0 Å². The Morgan fingerprint density at radius 2 is 1.87 bits per heavy atom. The van der Waals surface area contributed by atoms with E-state index in [1.807, 2.05) is 44.2 Å². The largest absolute Gasteiger partial charge is 0.327 e. The highest BCUT2D eigenvalue weighted by Crippen LogP contribution is 2.39. The third-order valence-electron chi connectivity index (χ3n) is 2.42. The van der Waals surface area contributed by atoms with Crippen molar-refractivity contribution in [2.24, 2.45) is 0 Å². The predicted molar refractivity (Wildman–Crippen MR) is 56.2 cm³/mol. The molecule has 1 heterocycles. The van der Waals surface area contributed by atoms with Gasteiger partial charge in [0, 0.05) is 12.7 Å². The van der Waals surface area contributed by atoms with Gasteiger partial charge in [-0.3, -0.25) is 0 Å². The van der Waals surface area contributed by atoms with Gasteiger partial charge in [-0.1, -0.05) is 30.3 Å². The fraction of sp³-hybridized carbons (Fsp3) is 0.500. The van der Waals surface area contributed by atoms with Crippen molar-refractivity contribution in [2.75, 3.05) is 13.7 Å². The van der Waals surface area contributed by atoms with Gasteiger partial charge in [0.05, 0.1) is 12.2 Å². The first kappa shape index (κ1) is 10.6. The van der Waals surface area contributed by atoms with Gasteiger partial charge in [0.2, 0.25) is 0 Å². The van der Waals surface area contributed by atoms with Crippen molar-refractivity contribution in [3.8, 4) is 0 Å². The molecule has 1 unspecified atom stereocenters. The van der Waals surface area contributed by atoms with Gasteiger partial charge in [-0.15, -0.1) is 0 Å². The van der Waals surface area contributed by atoms with Crippen LogP contribution in [-0.4, -0.2) is 19.3 Å². The zero-order valence-electron chi connectivity index (χ0n) is 9.32. The van der Waals surface area contributed by atoms with Crippen LogP contribution in [0, 0.1) is 0 Å². The van der Waals surface area contributed by atoms with Crippen LogP contribution in [0.3, 0.4) is 0 Å². The van der Waals surface area contributed by atoms with Crippen molar-refractivity contribution in [1.29, 1.82) is 0 Å². The molecule has 0 bridgehead atoms. The number of hydrogen-bond acceptors (Lipinski definition) is 3. The molecule has 3 nitrogen and oxygen atoms in total. The smallest absolute Gasteiger partial charge is 0.312 e. The summed E-state index contributed by atoms with van der Waals surface area (Å²) in [6.45, 7) is 4.49. The summed E-state index contributed by atoms with van der Waals surface area (Å²) in [7, 11) is 1.59. The van der Waals surface area contributed by atoms with E-state index in [1.165, 1.54) is 0 Å². The molecule has 3 heteroatoms. The van der Waals surface area contributed by atoms with Gasteiger partial charge in [-0.25, -0.2) is 0 Å². The van der Waals surface area contributed by atoms with Gasteiger partial charge in [-0.2, -0.15) is 0 Å². The third kappa shape index (κ3) is 1.91. The van der Waals surface area contributed by atoms with E-state index in [1.54, 1.807) is 7.11 Å². The van der Waals surface area contributed by atoms with Crippen LogP contribution in [0.15, 0.2) is 30.3 Å². The Morgan fingerprint density at radius 3 is 2.33 bits per heavy atom. The third-order valence-corrected chi connectivity index (χ3v) is 2.42. The second-order valence-electron chi connectivity index (χ2n) is 4.28. The maximum atomic E-state index is 5.83. The number of methoxy groups -OCH3 is 1. The van der Waals surface area contributed by atoms with Crippen LogP contribution in [0.2, 0.25) is 0 Å². The zero-order valence-corrected chi connectivity index (χ0v) is 9.32. The van der Waals surface area contributed by atoms with E-state index in [4.69, 9.17) is 14.2 Å². The molecule has 1 aliphatic rings. The van der Waals surface area contributed by atoms with E-state index >= 15 is 0 Å². The van der Waals surface area contributed by atoms with Gasteiger partial charge in [0.15, 0.2) is 0 Å². The summed E-state index contributed by atoms with van der Waals surface area (Å²) in [6.07, 6.45) is 0. The number of rotatable bonds is 2. The Bertz CT molecular complexity index is 334.